The van der Waals surface area contributed by atoms with Gasteiger partial charge in [-0.15, -0.1) is 0 Å². The van der Waals surface area contributed by atoms with E-state index in [9.17, 15) is 4.79 Å². The predicted molar refractivity (Wildman–Crippen MR) is 48.0 cm³/mol. The van der Waals surface area contributed by atoms with Crippen molar-refractivity contribution in [1.29, 1.82) is 0 Å². The lowest BCUT2D eigenvalue weighted by molar-refractivity contribution is -0.134. The lowest BCUT2D eigenvalue weighted by atomic mass is 10.3. The van der Waals surface area contributed by atoms with Gasteiger partial charge in [0.05, 0.1) is 6.54 Å². The molecule has 0 bridgehead atoms. The summed E-state index contributed by atoms with van der Waals surface area (Å²) >= 11 is 0. The quantitative estimate of drug-likeness (QED) is 0.590. The van der Waals surface area contributed by atoms with Gasteiger partial charge in [0, 0.05) is 33.2 Å². The molecule has 0 radical (unpaired) electrons. The van der Waals surface area contributed by atoms with E-state index in [2.05, 4.69) is 10.2 Å². The third-order valence-electron chi connectivity index (χ3n) is 2.21. The molecule has 0 aliphatic carbocycles. The van der Waals surface area contributed by atoms with Crippen molar-refractivity contribution in [1.82, 2.24) is 15.1 Å². The molecule has 0 atom stereocenters. The first-order chi connectivity index (χ1) is 5.74. The van der Waals surface area contributed by atoms with Crippen LogP contribution in [0.5, 0.6) is 0 Å². The molecule has 1 heterocycles. The first-order valence-electron chi connectivity index (χ1n) is 4.35. The van der Waals surface area contributed by atoms with E-state index in [-0.39, 0.29) is 5.91 Å². The third kappa shape index (κ3) is 2.46. The van der Waals surface area contributed by atoms with Crippen LogP contribution in [0.1, 0.15) is 0 Å². The second kappa shape index (κ2) is 4.42. The van der Waals surface area contributed by atoms with Crippen molar-refractivity contribution in [3.63, 3.8) is 0 Å². The molecule has 0 unspecified atom stereocenters. The van der Waals surface area contributed by atoms with Crippen LogP contribution in [0.2, 0.25) is 0 Å². The van der Waals surface area contributed by atoms with Gasteiger partial charge in [-0.3, -0.25) is 9.69 Å². The summed E-state index contributed by atoms with van der Waals surface area (Å²) < 4.78 is 0. The van der Waals surface area contributed by atoms with Crippen molar-refractivity contribution in [3.8, 4) is 0 Å². The highest BCUT2D eigenvalue weighted by molar-refractivity contribution is 5.78. The first kappa shape index (κ1) is 9.48. The van der Waals surface area contributed by atoms with Crippen LogP contribution < -0.4 is 5.32 Å². The maximum atomic E-state index is 11.2. The second-order valence-electron chi connectivity index (χ2n) is 3.19. The highest BCUT2D eigenvalue weighted by Crippen LogP contribution is 1.99. The standard InChI is InChI=1S/C8H17N3O/c1-9-3-4-11-6-5-10(2)8(12)7-11/h9H,3-7H2,1-2H3. The van der Waals surface area contributed by atoms with E-state index < -0.39 is 0 Å². The monoisotopic (exact) mass is 171 g/mol. The normalized spacial score (nSPS) is 20.2. The van der Waals surface area contributed by atoms with E-state index >= 15 is 0 Å². The van der Waals surface area contributed by atoms with Crippen LogP contribution in [0.25, 0.3) is 0 Å². The van der Waals surface area contributed by atoms with Gasteiger partial charge in [-0.25, -0.2) is 0 Å². The summed E-state index contributed by atoms with van der Waals surface area (Å²) in [6.07, 6.45) is 0. The Bertz CT molecular complexity index is 158. The van der Waals surface area contributed by atoms with Crippen LogP contribution in [0.3, 0.4) is 0 Å². The molecule has 4 nitrogen and oxygen atoms in total. The van der Waals surface area contributed by atoms with E-state index in [0.717, 1.165) is 26.2 Å². The van der Waals surface area contributed by atoms with Gasteiger partial charge in [0.15, 0.2) is 0 Å². The molecule has 1 N–H and O–H groups in total. The highest BCUT2D eigenvalue weighted by Gasteiger charge is 2.19. The van der Waals surface area contributed by atoms with E-state index in [4.69, 9.17) is 0 Å². The van der Waals surface area contributed by atoms with Crippen LogP contribution in [0, 0.1) is 0 Å². The van der Waals surface area contributed by atoms with Crippen LogP contribution in [0.4, 0.5) is 0 Å². The lowest BCUT2D eigenvalue weighted by Crippen LogP contribution is -2.49. The Labute approximate surface area is 73.5 Å². The molecular weight excluding hydrogens is 154 g/mol. The molecule has 1 aliphatic rings. The summed E-state index contributed by atoms with van der Waals surface area (Å²) in [5, 5.41) is 3.07. The maximum absolute atomic E-state index is 11.2. The third-order valence-corrected chi connectivity index (χ3v) is 2.21. The molecule has 70 valence electrons. The Morgan fingerprint density at radius 3 is 2.83 bits per heavy atom. The molecule has 1 saturated heterocycles. The molecule has 12 heavy (non-hydrogen) atoms. The zero-order chi connectivity index (χ0) is 8.97. The molecule has 0 aromatic heterocycles. The Balaban J connectivity index is 2.25. The fraction of sp³-hybridized carbons (Fsp3) is 0.875. The first-order valence-corrected chi connectivity index (χ1v) is 4.35. The van der Waals surface area contributed by atoms with Crippen LogP contribution in [-0.4, -0.2) is 62.5 Å². The van der Waals surface area contributed by atoms with Crippen molar-refractivity contribution in [2.24, 2.45) is 0 Å². The lowest BCUT2D eigenvalue weighted by Gasteiger charge is -2.31. The molecule has 1 aliphatic heterocycles. The second-order valence-corrected chi connectivity index (χ2v) is 3.19. The predicted octanol–water partition coefficient (Wildman–Crippen LogP) is -1.02. The summed E-state index contributed by atoms with van der Waals surface area (Å²) in [6, 6.07) is 0. The van der Waals surface area contributed by atoms with E-state index in [1.165, 1.54) is 0 Å². The van der Waals surface area contributed by atoms with Crippen molar-refractivity contribution in [3.05, 3.63) is 0 Å². The molecule has 1 fully saturated rings. The minimum atomic E-state index is 0.234. The minimum absolute atomic E-state index is 0.234. The molecule has 0 aromatic carbocycles. The van der Waals surface area contributed by atoms with Gasteiger partial charge in [-0.05, 0) is 7.05 Å². The van der Waals surface area contributed by atoms with Crippen LogP contribution >= 0.6 is 0 Å². The van der Waals surface area contributed by atoms with E-state index in [0.29, 0.717) is 6.54 Å². The number of likely N-dealkylation sites (N-methyl/N-ethyl adjacent to an activating group) is 2. The number of amides is 1. The number of nitrogens with zero attached hydrogens (tertiary/aromatic N) is 2. The summed E-state index contributed by atoms with van der Waals surface area (Å²) in [6.45, 7) is 4.37. The molecule has 4 heteroatoms. The number of hydrogen-bond donors (Lipinski definition) is 1. The molecular formula is C8H17N3O. The van der Waals surface area contributed by atoms with Crippen molar-refractivity contribution >= 4 is 5.91 Å². The van der Waals surface area contributed by atoms with Crippen LogP contribution in [-0.2, 0) is 4.79 Å². The summed E-state index contributed by atoms with van der Waals surface area (Å²) in [7, 11) is 3.79. The Hall–Kier alpha value is -0.610. The van der Waals surface area contributed by atoms with Crippen molar-refractivity contribution in [2.45, 2.75) is 0 Å². The topological polar surface area (TPSA) is 35.6 Å². The Morgan fingerprint density at radius 2 is 2.25 bits per heavy atom. The number of carbonyl (C=O) groups excluding carboxylic acids is 1. The van der Waals surface area contributed by atoms with E-state index in [1.807, 2.05) is 14.1 Å². The number of nitrogens with one attached hydrogen (secondary N) is 1. The van der Waals surface area contributed by atoms with Gasteiger partial charge >= 0.3 is 0 Å². The Kier molecular flexibility index (Phi) is 3.49. The van der Waals surface area contributed by atoms with Gasteiger partial charge in [0.1, 0.15) is 0 Å². The minimum Gasteiger partial charge on any atom is -0.343 e. The summed E-state index contributed by atoms with van der Waals surface area (Å²) in [5.74, 6) is 0.234. The maximum Gasteiger partial charge on any atom is 0.236 e. The smallest absolute Gasteiger partial charge is 0.236 e. The van der Waals surface area contributed by atoms with Crippen LogP contribution in [0.15, 0.2) is 0 Å². The Morgan fingerprint density at radius 1 is 1.50 bits per heavy atom. The largest absolute Gasteiger partial charge is 0.343 e. The molecule has 0 spiro atoms. The fourth-order valence-corrected chi connectivity index (χ4v) is 1.27. The zero-order valence-electron chi connectivity index (χ0n) is 7.84. The van der Waals surface area contributed by atoms with Crippen molar-refractivity contribution in [2.75, 3.05) is 46.8 Å². The van der Waals surface area contributed by atoms with Gasteiger partial charge in [0.25, 0.3) is 0 Å². The zero-order valence-corrected chi connectivity index (χ0v) is 7.84. The SMILES string of the molecule is CNCCN1CCN(C)C(=O)C1. The number of carbonyl (C=O) groups is 1. The molecule has 1 rings (SSSR count). The highest BCUT2D eigenvalue weighted by atomic mass is 16.2. The average Bonchev–Trinajstić information content (AvgIpc) is 2.07. The van der Waals surface area contributed by atoms with Gasteiger partial charge in [0.2, 0.25) is 5.91 Å². The number of rotatable bonds is 3. The summed E-state index contributed by atoms with van der Waals surface area (Å²) in [5.41, 5.74) is 0. The molecule has 0 saturated carbocycles. The van der Waals surface area contributed by atoms with Crippen molar-refractivity contribution < 1.29 is 4.79 Å². The number of hydrogen-bond acceptors (Lipinski definition) is 3. The van der Waals surface area contributed by atoms with Gasteiger partial charge in [-0.1, -0.05) is 0 Å². The molecule has 1 amide bonds. The van der Waals surface area contributed by atoms with Gasteiger partial charge < -0.3 is 10.2 Å². The number of piperazine rings is 1. The van der Waals surface area contributed by atoms with Gasteiger partial charge in [-0.2, -0.15) is 0 Å². The summed E-state index contributed by atoms with van der Waals surface area (Å²) in [4.78, 5) is 15.2. The average molecular weight is 171 g/mol. The van der Waals surface area contributed by atoms with E-state index in [1.54, 1.807) is 4.90 Å². The fourth-order valence-electron chi connectivity index (χ4n) is 1.27. The molecule has 0 aromatic rings.